The molecule has 0 saturated heterocycles. The van der Waals surface area contributed by atoms with Crippen molar-refractivity contribution in [1.82, 2.24) is 5.32 Å². The Morgan fingerprint density at radius 1 is 1.12 bits per heavy atom. The first-order valence-corrected chi connectivity index (χ1v) is 6.76. The van der Waals surface area contributed by atoms with Gasteiger partial charge in [-0.1, -0.05) is 40.0 Å². The Morgan fingerprint density at radius 2 is 1.75 bits per heavy atom. The van der Waals surface area contributed by atoms with E-state index in [0.717, 1.165) is 19.6 Å². The van der Waals surface area contributed by atoms with E-state index in [2.05, 4.69) is 26.1 Å². The summed E-state index contributed by atoms with van der Waals surface area (Å²) in [7, 11) is 2.03. The van der Waals surface area contributed by atoms with Crippen molar-refractivity contribution in [2.75, 3.05) is 20.2 Å². The first kappa shape index (κ1) is 14.0. The van der Waals surface area contributed by atoms with Gasteiger partial charge in [0.2, 0.25) is 0 Å². The van der Waals surface area contributed by atoms with Crippen LogP contribution in [0.5, 0.6) is 0 Å². The maximum Gasteiger partial charge on any atom is 0.0806 e. The third-order valence-electron chi connectivity index (χ3n) is 3.52. The highest BCUT2D eigenvalue weighted by molar-refractivity contribution is 4.86. The second-order valence-corrected chi connectivity index (χ2v) is 6.43. The standard InChI is InChI=1S/C14H29NO/c1-13(2,3)10-11-16-14(12-15-4)8-6-5-7-9-14/h15H,5-12H2,1-4H3. The van der Waals surface area contributed by atoms with Crippen molar-refractivity contribution < 1.29 is 4.74 Å². The fourth-order valence-electron chi connectivity index (χ4n) is 2.46. The van der Waals surface area contributed by atoms with E-state index in [1.807, 2.05) is 7.05 Å². The molecule has 2 nitrogen and oxygen atoms in total. The van der Waals surface area contributed by atoms with Crippen molar-refractivity contribution in [3.63, 3.8) is 0 Å². The van der Waals surface area contributed by atoms with Gasteiger partial charge in [-0.2, -0.15) is 0 Å². The lowest BCUT2D eigenvalue weighted by Crippen LogP contribution is -2.44. The Labute approximate surface area is 101 Å². The molecule has 0 bridgehead atoms. The van der Waals surface area contributed by atoms with Gasteiger partial charge in [0.25, 0.3) is 0 Å². The van der Waals surface area contributed by atoms with E-state index >= 15 is 0 Å². The fraction of sp³-hybridized carbons (Fsp3) is 1.00. The minimum atomic E-state index is 0.137. The second kappa shape index (κ2) is 6.02. The topological polar surface area (TPSA) is 21.3 Å². The minimum absolute atomic E-state index is 0.137. The minimum Gasteiger partial charge on any atom is -0.374 e. The Morgan fingerprint density at radius 3 is 2.25 bits per heavy atom. The molecular weight excluding hydrogens is 198 g/mol. The van der Waals surface area contributed by atoms with Crippen LogP contribution in [0.4, 0.5) is 0 Å². The highest BCUT2D eigenvalue weighted by Crippen LogP contribution is 2.32. The molecule has 96 valence electrons. The summed E-state index contributed by atoms with van der Waals surface area (Å²) in [5.74, 6) is 0. The van der Waals surface area contributed by atoms with Gasteiger partial charge in [-0.05, 0) is 31.7 Å². The van der Waals surface area contributed by atoms with Gasteiger partial charge in [0.05, 0.1) is 5.60 Å². The van der Waals surface area contributed by atoms with Gasteiger partial charge < -0.3 is 10.1 Å². The van der Waals surface area contributed by atoms with Gasteiger partial charge in [-0.3, -0.25) is 0 Å². The summed E-state index contributed by atoms with van der Waals surface area (Å²) >= 11 is 0. The van der Waals surface area contributed by atoms with Crippen LogP contribution in [0.2, 0.25) is 0 Å². The van der Waals surface area contributed by atoms with Crippen LogP contribution >= 0.6 is 0 Å². The maximum absolute atomic E-state index is 6.22. The molecule has 0 spiro atoms. The number of hydrogen-bond donors (Lipinski definition) is 1. The Bertz CT molecular complexity index is 184. The SMILES string of the molecule is CNCC1(OCCC(C)(C)C)CCCCC1. The quantitative estimate of drug-likeness (QED) is 0.777. The van der Waals surface area contributed by atoms with Crippen molar-refractivity contribution in [3.05, 3.63) is 0 Å². The van der Waals surface area contributed by atoms with Crippen molar-refractivity contribution in [2.45, 2.75) is 64.9 Å². The zero-order chi connectivity index (χ0) is 12.1. The summed E-state index contributed by atoms with van der Waals surface area (Å²) in [5.41, 5.74) is 0.522. The lowest BCUT2D eigenvalue weighted by molar-refractivity contribution is -0.0743. The van der Waals surface area contributed by atoms with Crippen molar-refractivity contribution >= 4 is 0 Å². The van der Waals surface area contributed by atoms with Gasteiger partial charge in [-0.15, -0.1) is 0 Å². The summed E-state index contributed by atoms with van der Waals surface area (Å²) in [6.07, 6.45) is 7.66. The van der Waals surface area contributed by atoms with Crippen LogP contribution in [0.15, 0.2) is 0 Å². The average Bonchev–Trinajstić information content (AvgIpc) is 2.17. The van der Waals surface area contributed by atoms with Gasteiger partial charge >= 0.3 is 0 Å². The van der Waals surface area contributed by atoms with Crippen LogP contribution in [0.25, 0.3) is 0 Å². The van der Waals surface area contributed by atoms with Crippen LogP contribution in [-0.2, 0) is 4.74 Å². The molecule has 0 aromatic rings. The van der Waals surface area contributed by atoms with Crippen molar-refractivity contribution in [3.8, 4) is 0 Å². The number of nitrogens with one attached hydrogen (secondary N) is 1. The van der Waals surface area contributed by atoms with Crippen LogP contribution in [0, 0.1) is 5.41 Å². The highest BCUT2D eigenvalue weighted by atomic mass is 16.5. The molecule has 0 heterocycles. The van der Waals surface area contributed by atoms with Gasteiger partial charge in [0.1, 0.15) is 0 Å². The Balaban J connectivity index is 2.38. The number of likely N-dealkylation sites (N-methyl/N-ethyl adjacent to an activating group) is 1. The van der Waals surface area contributed by atoms with Crippen LogP contribution in [0.1, 0.15) is 59.3 Å². The van der Waals surface area contributed by atoms with E-state index in [0.29, 0.717) is 5.41 Å². The zero-order valence-electron chi connectivity index (χ0n) is 11.6. The summed E-state index contributed by atoms with van der Waals surface area (Å²) in [6, 6.07) is 0. The number of hydrogen-bond acceptors (Lipinski definition) is 2. The first-order valence-electron chi connectivity index (χ1n) is 6.76. The van der Waals surface area contributed by atoms with Crippen LogP contribution in [0.3, 0.4) is 0 Å². The summed E-state index contributed by atoms with van der Waals surface area (Å²) < 4.78 is 6.22. The first-order chi connectivity index (χ1) is 7.47. The largest absolute Gasteiger partial charge is 0.374 e. The van der Waals surface area contributed by atoms with E-state index < -0.39 is 0 Å². The van der Waals surface area contributed by atoms with Crippen LogP contribution < -0.4 is 5.32 Å². The van der Waals surface area contributed by atoms with Gasteiger partial charge in [-0.25, -0.2) is 0 Å². The predicted octanol–water partition coefficient (Wildman–Crippen LogP) is 3.36. The van der Waals surface area contributed by atoms with Gasteiger partial charge in [0.15, 0.2) is 0 Å². The fourth-order valence-corrected chi connectivity index (χ4v) is 2.46. The van der Waals surface area contributed by atoms with E-state index in [-0.39, 0.29) is 5.60 Å². The van der Waals surface area contributed by atoms with E-state index in [4.69, 9.17) is 4.74 Å². The van der Waals surface area contributed by atoms with E-state index in [1.165, 1.54) is 32.1 Å². The zero-order valence-corrected chi connectivity index (χ0v) is 11.6. The molecule has 1 aliphatic rings. The van der Waals surface area contributed by atoms with Crippen LogP contribution in [-0.4, -0.2) is 25.8 Å². The molecule has 2 heteroatoms. The molecule has 0 aliphatic heterocycles. The molecule has 16 heavy (non-hydrogen) atoms. The Hall–Kier alpha value is -0.0800. The Kier molecular flexibility index (Phi) is 5.26. The average molecular weight is 227 g/mol. The third-order valence-corrected chi connectivity index (χ3v) is 3.52. The lowest BCUT2D eigenvalue weighted by atomic mass is 9.84. The summed E-state index contributed by atoms with van der Waals surface area (Å²) in [6.45, 7) is 8.76. The predicted molar refractivity (Wildman–Crippen MR) is 69.8 cm³/mol. The summed E-state index contributed by atoms with van der Waals surface area (Å²) in [4.78, 5) is 0. The molecular formula is C14H29NO. The van der Waals surface area contributed by atoms with Gasteiger partial charge in [0, 0.05) is 13.2 Å². The molecule has 0 radical (unpaired) electrons. The molecule has 1 aliphatic carbocycles. The molecule has 1 fully saturated rings. The maximum atomic E-state index is 6.22. The lowest BCUT2D eigenvalue weighted by Gasteiger charge is -2.38. The molecule has 1 rings (SSSR count). The second-order valence-electron chi connectivity index (χ2n) is 6.43. The van der Waals surface area contributed by atoms with E-state index in [1.54, 1.807) is 0 Å². The van der Waals surface area contributed by atoms with Crippen molar-refractivity contribution in [2.24, 2.45) is 5.41 Å². The number of ether oxygens (including phenoxy) is 1. The van der Waals surface area contributed by atoms with E-state index in [9.17, 15) is 0 Å². The molecule has 0 aromatic carbocycles. The molecule has 0 amide bonds. The molecule has 1 saturated carbocycles. The normalized spacial score (nSPS) is 21.0. The molecule has 0 unspecified atom stereocenters. The summed E-state index contributed by atoms with van der Waals surface area (Å²) in [5, 5.41) is 3.30. The smallest absolute Gasteiger partial charge is 0.0806 e. The molecule has 0 aromatic heterocycles. The van der Waals surface area contributed by atoms with Crippen molar-refractivity contribution in [1.29, 1.82) is 0 Å². The third kappa shape index (κ3) is 4.84. The molecule has 1 N–H and O–H groups in total. The number of rotatable bonds is 5. The molecule has 0 atom stereocenters. The monoisotopic (exact) mass is 227 g/mol. The highest BCUT2D eigenvalue weighted by Gasteiger charge is 2.32.